The Bertz CT molecular complexity index is 279. The van der Waals surface area contributed by atoms with Crippen molar-refractivity contribution in [2.24, 2.45) is 0 Å². The molecule has 0 aromatic carbocycles. The first-order valence-corrected chi connectivity index (χ1v) is 5.70. The molecule has 0 heterocycles. The van der Waals surface area contributed by atoms with E-state index in [0.717, 1.165) is 12.8 Å². The van der Waals surface area contributed by atoms with E-state index in [1.54, 1.807) is 0 Å². The van der Waals surface area contributed by atoms with Crippen LogP contribution in [0.2, 0.25) is 0 Å². The Hall–Kier alpha value is -1.59. The topological polar surface area (TPSA) is 87.3 Å². The maximum Gasteiger partial charge on any atom is 0.242 e. The normalized spacial score (nSPS) is 11.5. The Kier molecular flexibility index (Phi) is 7.75. The molecule has 3 N–H and O–H groups in total. The van der Waals surface area contributed by atoms with E-state index in [9.17, 15) is 14.4 Å². The Balaban J connectivity index is 3.87. The van der Waals surface area contributed by atoms with Crippen LogP contribution in [0.5, 0.6) is 0 Å². The van der Waals surface area contributed by atoms with E-state index in [0.29, 0.717) is 13.0 Å². The number of unbranched alkanes of at least 4 members (excludes halogenated alkanes) is 1. The molecule has 98 valence electrons. The summed E-state index contributed by atoms with van der Waals surface area (Å²) in [7, 11) is 1.54. The van der Waals surface area contributed by atoms with E-state index in [4.69, 9.17) is 0 Å². The lowest BCUT2D eigenvalue weighted by Crippen LogP contribution is -2.44. The van der Waals surface area contributed by atoms with Crippen LogP contribution >= 0.6 is 0 Å². The fourth-order valence-electron chi connectivity index (χ4n) is 1.43. The highest BCUT2D eigenvalue weighted by atomic mass is 16.2. The predicted molar refractivity (Wildman–Crippen MR) is 64.2 cm³/mol. The standard InChI is InChI=1S/C11H21N3O3/c1-8(15)13-7-5-4-6-10(11(17)12-3)14-9(2)16/h10H,4-7H2,1-3H3,(H,12,17)(H,13,15)(H,14,16)/t10-/m0/s1. The monoisotopic (exact) mass is 243 g/mol. The van der Waals surface area contributed by atoms with Gasteiger partial charge in [0.1, 0.15) is 6.04 Å². The minimum absolute atomic E-state index is 0.0605. The van der Waals surface area contributed by atoms with Gasteiger partial charge in [-0.15, -0.1) is 0 Å². The van der Waals surface area contributed by atoms with Crippen molar-refractivity contribution >= 4 is 17.7 Å². The molecule has 0 aliphatic carbocycles. The molecule has 0 rings (SSSR count). The number of hydrogen-bond donors (Lipinski definition) is 3. The number of carbonyl (C=O) groups is 3. The van der Waals surface area contributed by atoms with Gasteiger partial charge in [-0.3, -0.25) is 14.4 Å². The third-order valence-corrected chi connectivity index (χ3v) is 2.23. The smallest absolute Gasteiger partial charge is 0.242 e. The zero-order valence-corrected chi connectivity index (χ0v) is 10.6. The lowest BCUT2D eigenvalue weighted by atomic mass is 10.1. The van der Waals surface area contributed by atoms with Crippen molar-refractivity contribution in [1.82, 2.24) is 16.0 Å². The Morgan fingerprint density at radius 1 is 1.06 bits per heavy atom. The lowest BCUT2D eigenvalue weighted by molar-refractivity contribution is -0.127. The quantitative estimate of drug-likeness (QED) is 0.529. The molecule has 0 unspecified atom stereocenters. The van der Waals surface area contributed by atoms with E-state index in [2.05, 4.69) is 16.0 Å². The minimum atomic E-state index is -0.491. The van der Waals surface area contributed by atoms with Gasteiger partial charge in [-0.25, -0.2) is 0 Å². The maximum absolute atomic E-state index is 11.4. The van der Waals surface area contributed by atoms with Gasteiger partial charge in [-0.2, -0.15) is 0 Å². The minimum Gasteiger partial charge on any atom is -0.357 e. The summed E-state index contributed by atoms with van der Waals surface area (Å²) in [6.45, 7) is 3.44. The van der Waals surface area contributed by atoms with Crippen LogP contribution in [-0.2, 0) is 14.4 Å². The van der Waals surface area contributed by atoms with Gasteiger partial charge >= 0.3 is 0 Å². The summed E-state index contributed by atoms with van der Waals surface area (Å²) < 4.78 is 0. The molecule has 1 atom stereocenters. The number of amides is 3. The van der Waals surface area contributed by atoms with Crippen LogP contribution in [0, 0.1) is 0 Å². The lowest BCUT2D eigenvalue weighted by Gasteiger charge is -2.15. The number of carbonyl (C=O) groups excluding carboxylic acids is 3. The highest BCUT2D eigenvalue weighted by molar-refractivity contribution is 5.86. The summed E-state index contributed by atoms with van der Waals surface area (Å²) in [4.78, 5) is 32.9. The first kappa shape index (κ1) is 15.4. The molecule has 0 aromatic heterocycles. The summed E-state index contributed by atoms with van der Waals surface area (Å²) in [5.74, 6) is -0.477. The van der Waals surface area contributed by atoms with Crippen LogP contribution in [0.1, 0.15) is 33.1 Å². The number of hydrogen-bond acceptors (Lipinski definition) is 3. The van der Waals surface area contributed by atoms with E-state index < -0.39 is 6.04 Å². The molecule has 0 saturated heterocycles. The molecule has 0 aliphatic heterocycles. The summed E-state index contributed by atoms with van der Waals surface area (Å²) in [5.41, 5.74) is 0. The SMILES string of the molecule is CNC(=O)[C@H](CCCCNC(C)=O)NC(C)=O. The molecule has 0 radical (unpaired) electrons. The number of likely N-dealkylation sites (N-methyl/N-ethyl adjacent to an activating group) is 1. The second-order valence-corrected chi connectivity index (χ2v) is 3.85. The van der Waals surface area contributed by atoms with E-state index in [-0.39, 0.29) is 17.7 Å². The highest BCUT2D eigenvalue weighted by Crippen LogP contribution is 2.01. The molecule has 0 aliphatic rings. The van der Waals surface area contributed by atoms with E-state index in [1.165, 1.54) is 20.9 Å². The van der Waals surface area contributed by atoms with Crippen molar-refractivity contribution in [2.45, 2.75) is 39.2 Å². The van der Waals surface area contributed by atoms with Gasteiger partial charge in [0.25, 0.3) is 0 Å². The second kappa shape index (κ2) is 8.55. The Morgan fingerprint density at radius 2 is 1.71 bits per heavy atom. The van der Waals surface area contributed by atoms with Crippen LogP contribution in [0.15, 0.2) is 0 Å². The molecular weight excluding hydrogens is 222 g/mol. The highest BCUT2D eigenvalue weighted by Gasteiger charge is 2.16. The molecule has 0 aromatic rings. The van der Waals surface area contributed by atoms with Crippen molar-refractivity contribution in [3.63, 3.8) is 0 Å². The van der Waals surface area contributed by atoms with Gasteiger partial charge in [-0.1, -0.05) is 0 Å². The third-order valence-electron chi connectivity index (χ3n) is 2.23. The van der Waals surface area contributed by atoms with E-state index in [1.807, 2.05) is 0 Å². The summed E-state index contributed by atoms with van der Waals surface area (Å²) in [6.07, 6.45) is 2.12. The Labute approximate surface area is 102 Å². The fraction of sp³-hybridized carbons (Fsp3) is 0.727. The van der Waals surface area contributed by atoms with Crippen LogP contribution in [0.25, 0.3) is 0 Å². The average Bonchev–Trinajstić information content (AvgIpc) is 2.25. The zero-order valence-electron chi connectivity index (χ0n) is 10.6. The molecule has 0 spiro atoms. The number of rotatable bonds is 7. The van der Waals surface area contributed by atoms with Gasteiger partial charge in [0.2, 0.25) is 17.7 Å². The molecule has 0 saturated carbocycles. The van der Waals surface area contributed by atoms with E-state index >= 15 is 0 Å². The van der Waals surface area contributed by atoms with Gasteiger partial charge in [0, 0.05) is 27.4 Å². The largest absolute Gasteiger partial charge is 0.357 e. The maximum atomic E-state index is 11.4. The first-order chi connectivity index (χ1) is 7.97. The summed E-state index contributed by atoms with van der Waals surface area (Å²) in [6, 6.07) is -0.491. The molecular formula is C11H21N3O3. The van der Waals surface area contributed by atoms with Crippen molar-refractivity contribution in [1.29, 1.82) is 0 Å². The van der Waals surface area contributed by atoms with Gasteiger partial charge in [-0.05, 0) is 19.3 Å². The summed E-state index contributed by atoms with van der Waals surface area (Å²) >= 11 is 0. The summed E-state index contributed by atoms with van der Waals surface area (Å²) in [5, 5.41) is 7.77. The van der Waals surface area contributed by atoms with Crippen molar-refractivity contribution in [2.75, 3.05) is 13.6 Å². The van der Waals surface area contributed by atoms with Crippen molar-refractivity contribution in [3.05, 3.63) is 0 Å². The Morgan fingerprint density at radius 3 is 2.18 bits per heavy atom. The van der Waals surface area contributed by atoms with Crippen LogP contribution in [0.4, 0.5) is 0 Å². The van der Waals surface area contributed by atoms with Gasteiger partial charge in [0.15, 0.2) is 0 Å². The average molecular weight is 243 g/mol. The first-order valence-electron chi connectivity index (χ1n) is 5.70. The van der Waals surface area contributed by atoms with Crippen molar-refractivity contribution < 1.29 is 14.4 Å². The molecule has 3 amide bonds. The van der Waals surface area contributed by atoms with Gasteiger partial charge in [0.05, 0.1) is 0 Å². The molecule has 0 bridgehead atoms. The molecule has 17 heavy (non-hydrogen) atoms. The second-order valence-electron chi connectivity index (χ2n) is 3.85. The van der Waals surface area contributed by atoms with Crippen LogP contribution in [-0.4, -0.2) is 37.4 Å². The third kappa shape index (κ3) is 8.24. The predicted octanol–water partition coefficient (Wildman–Crippen LogP) is -0.456. The zero-order chi connectivity index (χ0) is 13.3. The molecule has 0 fully saturated rings. The molecule has 6 nitrogen and oxygen atoms in total. The van der Waals surface area contributed by atoms with Crippen LogP contribution in [0.3, 0.4) is 0 Å². The number of nitrogens with one attached hydrogen (secondary N) is 3. The van der Waals surface area contributed by atoms with Gasteiger partial charge < -0.3 is 16.0 Å². The molecule has 6 heteroatoms. The van der Waals surface area contributed by atoms with Crippen LogP contribution < -0.4 is 16.0 Å². The van der Waals surface area contributed by atoms with Crippen molar-refractivity contribution in [3.8, 4) is 0 Å². The fourth-order valence-corrected chi connectivity index (χ4v) is 1.43.